The number of amides is 2. The van der Waals surface area contributed by atoms with Crippen LogP contribution in [-0.4, -0.2) is 16.8 Å². The Hall–Kier alpha value is -2.69. The highest BCUT2D eigenvalue weighted by Crippen LogP contribution is 2.15. The van der Waals surface area contributed by atoms with Gasteiger partial charge in [0.1, 0.15) is 0 Å². The van der Waals surface area contributed by atoms with E-state index in [0.717, 1.165) is 5.56 Å². The molecule has 0 fully saturated rings. The molecule has 2 rings (SSSR count). The molecule has 2 amide bonds. The van der Waals surface area contributed by atoms with Crippen LogP contribution in [0.4, 0.5) is 11.4 Å². The number of rotatable bonds is 5. The van der Waals surface area contributed by atoms with Gasteiger partial charge in [-0.1, -0.05) is 12.1 Å². The van der Waals surface area contributed by atoms with Crippen LogP contribution in [0.15, 0.2) is 48.8 Å². The lowest BCUT2D eigenvalue weighted by molar-refractivity contribution is -0.116. The molecule has 1 aromatic heterocycles. The lowest BCUT2D eigenvalue weighted by Crippen LogP contribution is -2.13. The SMILES string of the molecule is CC(=O)Nc1cccc(NC(=O)CCc2cccnc2)c1. The fourth-order valence-corrected chi connectivity index (χ4v) is 1.91. The molecule has 0 radical (unpaired) electrons. The molecule has 0 aliphatic rings. The van der Waals surface area contributed by atoms with Gasteiger partial charge in [0.15, 0.2) is 0 Å². The predicted octanol–water partition coefficient (Wildman–Crippen LogP) is 2.61. The molecule has 2 aromatic rings. The molecule has 1 heterocycles. The molecule has 5 nitrogen and oxygen atoms in total. The highest BCUT2D eigenvalue weighted by atomic mass is 16.2. The van der Waals surface area contributed by atoms with Gasteiger partial charge >= 0.3 is 0 Å². The number of carbonyl (C=O) groups is 2. The second kappa shape index (κ2) is 7.19. The fraction of sp³-hybridized carbons (Fsp3) is 0.188. The summed E-state index contributed by atoms with van der Waals surface area (Å²) in [6.07, 6.45) is 4.49. The maximum atomic E-state index is 11.9. The third-order valence-corrected chi connectivity index (χ3v) is 2.83. The van der Waals surface area contributed by atoms with E-state index in [9.17, 15) is 9.59 Å². The Labute approximate surface area is 123 Å². The van der Waals surface area contributed by atoms with Crippen molar-refractivity contribution in [3.05, 3.63) is 54.4 Å². The molecule has 0 aliphatic carbocycles. The van der Waals surface area contributed by atoms with E-state index in [1.807, 2.05) is 12.1 Å². The largest absolute Gasteiger partial charge is 0.326 e. The van der Waals surface area contributed by atoms with Crippen molar-refractivity contribution in [1.82, 2.24) is 4.98 Å². The van der Waals surface area contributed by atoms with E-state index in [2.05, 4.69) is 15.6 Å². The molecular formula is C16H17N3O2. The Morgan fingerprint density at radius 3 is 2.52 bits per heavy atom. The summed E-state index contributed by atoms with van der Waals surface area (Å²) in [5, 5.41) is 5.49. The van der Waals surface area contributed by atoms with Gasteiger partial charge in [-0.25, -0.2) is 0 Å². The first-order valence-corrected chi connectivity index (χ1v) is 6.70. The molecule has 1 aromatic carbocycles. The Morgan fingerprint density at radius 2 is 1.86 bits per heavy atom. The van der Waals surface area contributed by atoms with Crippen molar-refractivity contribution in [2.75, 3.05) is 10.6 Å². The number of nitrogens with one attached hydrogen (secondary N) is 2. The van der Waals surface area contributed by atoms with Gasteiger partial charge < -0.3 is 10.6 Å². The molecule has 0 saturated heterocycles. The Morgan fingerprint density at radius 1 is 1.10 bits per heavy atom. The number of benzene rings is 1. The average Bonchev–Trinajstić information content (AvgIpc) is 2.46. The van der Waals surface area contributed by atoms with Gasteiger partial charge in [-0.05, 0) is 36.2 Å². The van der Waals surface area contributed by atoms with Crippen LogP contribution in [0.1, 0.15) is 18.9 Å². The van der Waals surface area contributed by atoms with E-state index < -0.39 is 0 Å². The monoisotopic (exact) mass is 283 g/mol. The number of hydrogen-bond acceptors (Lipinski definition) is 3. The highest BCUT2D eigenvalue weighted by Gasteiger charge is 2.04. The minimum atomic E-state index is -0.143. The molecule has 21 heavy (non-hydrogen) atoms. The molecule has 0 aliphatic heterocycles. The summed E-state index contributed by atoms with van der Waals surface area (Å²) >= 11 is 0. The molecular weight excluding hydrogens is 266 g/mol. The quantitative estimate of drug-likeness (QED) is 0.886. The zero-order valence-electron chi connectivity index (χ0n) is 11.8. The van der Waals surface area contributed by atoms with Gasteiger partial charge in [0.25, 0.3) is 0 Å². The van der Waals surface area contributed by atoms with Crippen molar-refractivity contribution in [2.24, 2.45) is 0 Å². The normalized spacial score (nSPS) is 9.95. The molecule has 5 heteroatoms. The van der Waals surface area contributed by atoms with E-state index in [-0.39, 0.29) is 11.8 Å². The smallest absolute Gasteiger partial charge is 0.224 e. The molecule has 0 atom stereocenters. The predicted molar refractivity (Wildman–Crippen MR) is 81.9 cm³/mol. The van der Waals surface area contributed by atoms with Crippen molar-refractivity contribution < 1.29 is 9.59 Å². The van der Waals surface area contributed by atoms with Crippen LogP contribution in [-0.2, 0) is 16.0 Å². The van der Waals surface area contributed by atoms with Gasteiger partial charge in [0.05, 0.1) is 0 Å². The van der Waals surface area contributed by atoms with Crippen molar-refractivity contribution in [3.63, 3.8) is 0 Å². The third kappa shape index (κ3) is 5.06. The zero-order valence-corrected chi connectivity index (χ0v) is 11.8. The van der Waals surface area contributed by atoms with Crippen LogP contribution >= 0.6 is 0 Å². The number of nitrogens with zero attached hydrogens (tertiary/aromatic N) is 1. The van der Waals surface area contributed by atoms with Crippen molar-refractivity contribution >= 4 is 23.2 Å². The fourth-order valence-electron chi connectivity index (χ4n) is 1.91. The summed E-state index contributed by atoms with van der Waals surface area (Å²) in [6, 6.07) is 10.9. The number of carbonyl (C=O) groups excluding carboxylic acids is 2. The standard InChI is InChI=1S/C16H17N3O2/c1-12(20)18-14-5-2-6-15(10-14)19-16(21)8-7-13-4-3-9-17-11-13/h2-6,9-11H,7-8H2,1H3,(H,18,20)(H,19,21). The minimum absolute atomic E-state index is 0.0705. The Balaban J connectivity index is 1.89. The molecule has 0 unspecified atom stereocenters. The Bertz CT molecular complexity index is 626. The zero-order chi connectivity index (χ0) is 15.1. The Kier molecular flexibility index (Phi) is 5.04. The van der Waals surface area contributed by atoms with E-state index >= 15 is 0 Å². The first kappa shape index (κ1) is 14.7. The van der Waals surface area contributed by atoms with Crippen molar-refractivity contribution in [1.29, 1.82) is 0 Å². The van der Waals surface area contributed by atoms with Crippen LogP contribution in [0.25, 0.3) is 0 Å². The number of hydrogen-bond donors (Lipinski definition) is 2. The number of anilines is 2. The van der Waals surface area contributed by atoms with Crippen LogP contribution in [0.5, 0.6) is 0 Å². The van der Waals surface area contributed by atoms with E-state index in [1.54, 1.807) is 36.7 Å². The molecule has 0 saturated carbocycles. The number of pyridine rings is 1. The van der Waals surface area contributed by atoms with Gasteiger partial charge in [0, 0.05) is 37.1 Å². The first-order chi connectivity index (χ1) is 10.1. The van der Waals surface area contributed by atoms with E-state index in [1.165, 1.54) is 6.92 Å². The maximum absolute atomic E-state index is 11.9. The second-order valence-corrected chi connectivity index (χ2v) is 4.67. The lowest BCUT2D eigenvalue weighted by Gasteiger charge is -2.08. The topological polar surface area (TPSA) is 71.1 Å². The maximum Gasteiger partial charge on any atom is 0.224 e. The summed E-state index contributed by atoms with van der Waals surface area (Å²) in [6.45, 7) is 1.44. The van der Waals surface area contributed by atoms with Crippen LogP contribution in [0.2, 0.25) is 0 Å². The summed E-state index contributed by atoms with van der Waals surface area (Å²) in [4.78, 5) is 26.9. The van der Waals surface area contributed by atoms with Crippen LogP contribution in [0, 0.1) is 0 Å². The third-order valence-electron chi connectivity index (χ3n) is 2.83. The average molecular weight is 283 g/mol. The van der Waals surface area contributed by atoms with Crippen molar-refractivity contribution in [2.45, 2.75) is 19.8 Å². The molecule has 108 valence electrons. The first-order valence-electron chi connectivity index (χ1n) is 6.70. The number of aromatic nitrogens is 1. The summed E-state index contributed by atoms with van der Waals surface area (Å²) in [7, 11) is 0. The van der Waals surface area contributed by atoms with E-state index in [0.29, 0.717) is 24.2 Å². The lowest BCUT2D eigenvalue weighted by atomic mass is 10.1. The second-order valence-electron chi connectivity index (χ2n) is 4.67. The van der Waals surface area contributed by atoms with Gasteiger partial charge in [-0.15, -0.1) is 0 Å². The van der Waals surface area contributed by atoms with Gasteiger partial charge in [0.2, 0.25) is 11.8 Å². The van der Waals surface area contributed by atoms with Crippen LogP contribution < -0.4 is 10.6 Å². The molecule has 2 N–H and O–H groups in total. The van der Waals surface area contributed by atoms with Gasteiger partial charge in [-0.2, -0.15) is 0 Å². The van der Waals surface area contributed by atoms with Gasteiger partial charge in [-0.3, -0.25) is 14.6 Å². The highest BCUT2D eigenvalue weighted by molar-refractivity contribution is 5.93. The molecule has 0 spiro atoms. The molecule has 0 bridgehead atoms. The summed E-state index contributed by atoms with van der Waals surface area (Å²) in [5.74, 6) is -0.214. The summed E-state index contributed by atoms with van der Waals surface area (Å²) in [5.41, 5.74) is 2.35. The minimum Gasteiger partial charge on any atom is -0.326 e. The van der Waals surface area contributed by atoms with Crippen LogP contribution in [0.3, 0.4) is 0 Å². The van der Waals surface area contributed by atoms with Crippen molar-refractivity contribution in [3.8, 4) is 0 Å². The summed E-state index contributed by atoms with van der Waals surface area (Å²) < 4.78 is 0. The number of aryl methyl sites for hydroxylation is 1. The van der Waals surface area contributed by atoms with E-state index in [4.69, 9.17) is 0 Å².